The number of nitrogen functional groups attached to an aromatic ring is 1. The molecule has 3 nitrogen and oxygen atoms in total. The van der Waals surface area contributed by atoms with E-state index in [9.17, 15) is 4.39 Å². The molecule has 1 aromatic rings. The molecule has 2 heterocycles. The molecule has 4 heteroatoms. The van der Waals surface area contributed by atoms with E-state index < -0.39 is 6.17 Å². The van der Waals surface area contributed by atoms with Gasteiger partial charge < -0.3 is 11.1 Å². The lowest BCUT2D eigenvalue weighted by molar-refractivity contribution is 0.217. The van der Waals surface area contributed by atoms with Gasteiger partial charge in [0, 0.05) is 18.7 Å². The van der Waals surface area contributed by atoms with Gasteiger partial charge in [-0.05, 0) is 31.0 Å². The van der Waals surface area contributed by atoms with Crippen LogP contribution in [0.3, 0.4) is 0 Å². The van der Waals surface area contributed by atoms with Gasteiger partial charge in [-0.1, -0.05) is 12.5 Å². The minimum Gasteiger partial charge on any atom is -0.383 e. The van der Waals surface area contributed by atoms with Gasteiger partial charge in [0.05, 0.1) is 0 Å². The summed E-state index contributed by atoms with van der Waals surface area (Å²) in [6, 6.07) is 3.62. The molecule has 2 atom stereocenters. The normalized spacial score (nSPS) is 22.9. The molecule has 0 spiro atoms. The van der Waals surface area contributed by atoms with Crippen LogP contribution >= 0.6 is 0 Å². The Hall–Kier alpha value is -1.16. The molecule has 0 amide bonds. The molecule has 1 aliphatic heterocycles. The quantitative estimate of drug-likeness (QED) is 0.819. The van der Waals surface area contributed by atoms with Crippen LogP contribution in [0.5, 0.6) is 0 Å². The van der Waals surface area contributed by atoms with Crippen LogP contribution in [0.15, 0.2) is 18.3 Å². The average Bonchev–Trinajstić information content (AvgIpc) is 2.33. The first kappa shape index (κ1) is 11.3. The largest absolute Gasteiger partial charge is 0.383 e. The first-order valence-electron chi connectivity index (χ1n) is 5.84. The molecule has 88 valence electrons. The summed E-state index contributed by atoms with van der Waals surface area (Å²) < 4.78 is 14.0. The number of nitrogens with one attached hydrogen (secondary N) is 1. The summed E-state index contributed by atoms with van der Waals surface area (Å²) >= 11 is 0. The lowest BCUT2D eigenvalue weighted by Crippen LogP contribution is -2.42. The summed E-state index contributed by atoms with van der Waals surface area (Å²) in [7, 11) is 0. The van der Waals surface area contributed by atoms with Crippen molar-refractivity contribution >= 4 is 5.82 Å². The molecular formula is C12H18FN3. The van der Waals surface area contributed by atoms with Crippen LogP contribution in [0.2, 0.25) is 0 Å². The van der Waals surface area contributed by atoms with Gasteiger partial charge in [0.25, 0.3) is 0 Å². The Morgan fingerprint density at radius 1 is 1.56 bits per heavy atom. The summed E-state index contributed by atoms with van der Waals surface area (Å²) in [4.78, 5) is 3.97. The number of halogens is 1. The topological polar surface area (TPSA) is 50.9 Å². The van der Waals surface area contributed by atoms with Crippen molar-refractivity contribution in [2.45, 2.75) is 37.9 Å². The number of aromatic nitrogens is 1. The summed E-state index contributed by atoms with van der Waals surface area (Å²) in [6.45, 7) is 0.924. The molecule has 0 bridgehead atoms. The SMILES string of the molecule is Nc1ncccc1CC(F)C1CCCCN1. The van der Waals surface area contributed by atoms with Crippen molar-refractivity contribution in [2.24, 2.45) is 0 Å². The number of hydrogen-bond acceptors (Lipinski definition) is 3. The van der Waals surface area contributed by atoms with Crippen molar-refractivity contribution in [2.75, 3.05) is 12.3 Å². The lowest BCUT2D eigenvalue weighted by atomic mass is 9.96. The van der Waals surface area contributed by atoms with Crippen molar-refractivity contribution in [3.05, 3.63) is 23.9 Å². The van der Waals surface area contributed by atoms with Gasteiger partial charge in [0.1, 0.15) is 12.0 Å². The van der Waals surface area contributed by atoms with Crippen LogP contribution in [-0.2, 0) is 6.42 Å². The Bertz CT molecular complexity index is 337. The van der Waals surface area contributed by atoms with E-state index in [-0.39, 0.29) is 6.04 Å². The Balaban J connectivity index is 1.96. The third kappa shape index (κ3) is 2.70. The second-order valence-corrected chi connectivity index (χ2v) is 4.32. The minimum absolute atomic E-state index is 0.0200. The third-order valence-corrected chi connectivity index (χ3v) is 3.13. The molecule has 2 rings (SSSR count). The van der Waals surface area contributed by atoms with Crippen LogP contribution in [-0.4, -0.2) is 23.7 Å². The fraction of sp³-hybridized carbons (Fsp3) is 0.583. The van der Waals surface area contributed by atoms with E-state index in [0.29, 0.717) is 12.2 Å². The molecule has 16 heavy (non-hydrogen) atoms. The molecular weight excluding hydrogens is 205 g/mol. The van der Waals surface area contributed by atoms with Crippen molar-refractivity contribution < 1.29 is 4.39 Å². The average molecular weight is 223 g/mol. The number of rotatable bonds is 3. The van der Waals surface area contributed by atoms with Crippen LogP contribution in [0.4, 0.5) is 10.2 Å². The van der Waals surface area contributed by atoms with Gasteiger partial charge >= 0.3 is 0 Å². The maximum atomic E-state index is 14.0. The highest BCUT2D eigenvalue weighted by molar-refractivity contribution is 5.38. The zero-order valence-corrected chi connectivity index (χ0v) is 9.32. The van der Waals surface area contributed by atoms with E-state index >= 15 is 0 Å². The van der Waals surface area contributed by atoms with Gasteiger partial charge in [0.15, 0.2) is 0 Å². The highest BCUT2D eigenvalue weighted by atomic mass is 19.1. The summed E-state index contributed by atoms with van der Waals surface area (Å²) in [5, 5.41) is 3.22. The summed E-state index contributed by atoms with van der Waals surface area (Å²) in [5.41, 5.74) is 6.51. The maximum absolute atomic E-state index is 14.0. The van der Waals surface area contributed by atoms with Gasteiger partial charge in [-0.2, -0.15) is 0 Å². The molecule has 2 unspecified atom stereocenters. The Morgan fingerprint density at radius 2 is 2.44 bits per heavy atom. The Labute approximate surface area is 95.3 Å². The fourth-order valence-electron chi connectivity index (χ4n) is 2.16. The van der Waals surface area contributed by atoms with Crippen molar-refractivity contribution in [3.8, 4) is 0 Å². The molecule has 1 aliphatic rings. The molecule has 0 aliphatic carbocycles. The second-order valence-electron chi connectivity index (χ2n) is 4.32. The van der Waals surface area contributed by atoms with Gasteiger partial charge in [-0.15, -0.1) is 0 Å². The number of anilines is 1. The molecule has 3 N–H and O–H groups in total. The highest BCUT2D eigenvalue weighted by Crippen LogP contribution is 2.18. The van der Waals surface area contributed by atoms with Gasteiger partial charge in [-0.25, -0.2) is 9.37 Å². The molecule has 0 aromatic carbocycles. The highest BCUT2D eigenvalue weighted by Gasteiger charge is 2.23. The van der Waals surface area contributed by atoms with E-state index in [1.54, 1.807) is 12.3 Å². The molecule has 0 saturated carbocycles. The van der Waals surface area contributed by atoms with E-state index in [4.69, 9.17) is 5.73 Å². The maximum Gasteiger partial charge on any atom is 0.126 e. The number of nitrogens with two attached hydrogens (primary N) is 1. The molecule has 1 fully saturated rings. The number of hydrogen-bond donors (Lipinski definition) is 2. The molecule has 1 saturated heterocycles. The van der Waals surface area contributed by atoms with E-state index in [0.717, 1.165) is 31.4 Å². The first-order chi connectivity index (χ1) is 7.77. The fourth-order valence-corrected chi connectivity index (χ4v) is 2.16. The zero-order chi connectivity index (χ0) is 11.4. The van der Waals surface area contributed by atoms with Crippen LogP contribution in [0.1, 0.15) is 24.8 Å². The third-order valence-electron chi connectivity index (χ3n) is 3.13. The van der Waals surface area contributed by atoms with E-state index in [2.05, 4.69) is 10.3 Å². The van der Waals surface area contributed by atoms with Crippen molar-refractivity contribution in [3.63, 3.8) is 0 Å². The standard InChI is InChI=1S/C12H18FN3/c13-10(11-5-1-2-6-15-11)8-9-4-3-7-16-12(9)14/h3-4,7,10-11,15H,1-2,5-6,8H2,(H2,14,16). The van der Waals surface area contributed by atoms with Crippen LogP contribution in [0.25, 0.3) is 0 Å². The zero-order valence-electron chi connectivity index (χ0n) is 9.32. The second kappa shape index (κ2) is 5.25. The molecule has 0 radical (unpaired) electrons. The first-order valence-corrected chi connectivity index (χ1v) is 5.84. The van der Waals surface area contributed by atoms with Crippen LogP contribution < -0.4 is 11.1 Å². The van der Waals surface area contributed by atoms with Crippen LogP contribution in [0, 0.1) is 0 Å². The summed E-state index contributed by atoms with van der Waals surface area (Å²) in [5.74, 6) is 0.445. The number of pyridine rings is 1. The monoisotopic (exact) mass is 223 g/mol. The summed E-state index contributed by atoms with van der Waals surface area (Å²) in [6.07, 6.45) is 4.30. The Morgan fingerprint density at radius 3 is 3.12 bits per heavy atom. The Kier molecular flexibility index (Phi) is 3.72. The van der Waals surface area contributed by atoms with Crippen molar-refractivity contribution in [1.82, 2.24) is 10.3 Å². The van der Waals surface area contributed by atoms with E-state index in [1.807, 2.05) is 6.07 Å². The number of piperidine rings is 1. The number of alkyl halides is 1. The minimum atomic E-state index is -0.869. The molecule has 1 aromatic heterocycles. The van der Waals surface area contributed by atoms with Gasteiger partial charge in [0.2, 0.25) is 0 Å². The lowest BCUT2D eigenvalue weighted by Gasteiger charge is -2.26. The number of nitrogens with zero attached hydrogens (tertiary/aromatic N) is 1. The predicted octanol–water partition coefficient (Wildman–Crippen LogP) is 1.69. The smallest absolute Gasteiger partial charge is 0.126 e. The van der Waals surface area contributed by atoms with Gasteiger partial charge in [-0.3, -0.25) is 0 Å². The van der Waals surface area contributed by atoms with Crippen molar-refractivity contribution in [1.29, 1.82) is 0 Å². The predicted molar refractivity (Wildman–Crippen MR) is 62.9 cm³/mol. The van der Waals surface area contributed by atoms with E-state index in [1.165, 1.54) is 0 Å².